The van der Waals surface area contributed by atoms with E-state index in [1.807, 2.05) is 73.0 Å². The van der Waals surface area contributed by atoms with Gasteiger partial charge in [0.15, 0.2) is 6.10 Å². The average molecular weight is 699 g/mol. The number of carboxylic acids is 1. The van der Waals surface area contributed by atoms with Gasteiger partial charge in [-0.25, -0.2) is 19.2 Å². The summed E-state index contributed by atoms with van der Waals surface area (Å²) in [4.78, 5) is 25.1. The first-order valence-electron chi connectivity index (χ1n) is 16.4. The molecule has 1 aliphatic rings. The molecule has 3 atom stereocenters. The van der Waals surface area contributed by atoms with Gasteiger partial charge in [-0.2, -0.15) is 0 Å². The Bertz CT molecular complexity index is 2340. The van der Waals surface area contributed by atoms with Crippen molar-refractivity contribution in [1.29, 1.82) is 0 Å². The lowest BCUT2D eigenvalue weighted by atomic mass is 9.87. The molecule has 3 aromatic heterocycles. The minimum atomic E-state index is -0.984. The highest BCUT2D eigenvalue weighted by atomic mass is 32.1. The number of thiazole rings is 1. The third-order valence-corrected chi connectivity index (χ3v) is 9.72. The summed E-state index contributed by atoms with van der Waals surface area (Å²) < 4.78 is 36.1. The molecule has 51 heavy (non-hydrogen) atoms. The largest absolute Gasteiger partial charge is 0.493 e. The molecule has 1 aliphatic heterocycles. The minimum absolute atomic E-state index is 0.179. The summed E-state index contributed by atoms with van der Waals surface area (Å²) in [7, 11) is 0. The molecule has 0 aliphatic carbocycles. The Labute approximate surface area is 296 Å². The Morgan fingerprint density at radius 1 is 1.02 bits per heavy atom. The molecule has 9 nitrogen and oxygen atoms in total. The Kier molecular flexibility index (Phi) is 8.62. The highest BCUT2D eigenvalue weighted by Gasteiger charge is 2.34. The molecule has 0 saturated carbocycles. The number of fused-ring (bicyclic) bond motifs is 2. The molecule has 4 heterocycles. The number of nitrogens with zero attached hydrogens (tertiary/aromatic N) is 4. The monoisotopic (exact) mass is 698 g/mol. The summed E-state index contributed by atoms with van der Waals surface area (Å²) in [6, 6.07) is 28.6. The first-order chi connectivity index (χ1) is 24.9. The van der Waals surface area contributed by atoms with Crippen LogP contribution in [0, 0.1) is 18.7 Å². The van der Waals surface area contributed by atoms with Crippen molar-refractivity contribution < 1.29 is 28.5 Å². The second-order valence-corrected chi connectivity index (χ2v) is 13.2. The van der Waals surface area contributed by atoms with Crippen molar-refractivity contribution in [3.63, 3.8) is 0 Å². The zero-order chi connectivity index (χ0) is 34.9. The SMILES string of the molecule is Cc1nc2cnccc2n1-c1ccc(OC2c3cc(OC(c4cccc(F)c4)c4nccs4)ccc3OCC2Cc2cccc(C(=O)O)c2)cc1. The summed E-state index contributed by atoms with van der Waals surface area (Å²) in [5.41, 5.74) is 5.21. The molecule has 0 saturated heterocycles. The molecule has 8 rings (SSSR count). The van der Waals surface area contributed by atoms with E-state index in [0.717, 1.165) is 33.7 Å². The maximum Gasteiger partial charge on any atom is 0.335 e. The average Bonchev–Trinajstić information content (AvgIpc) is 3.80. The van der Waals surface area contributed by atoms with Crippen LogP contribution in [0.1, 0.15) is 50.1 Å². The second kappa shape index (κ2) is 13.7. The van der Waals surface area contributed by atoms with Gasteiger partial charge in [-0.15, -0.1) is 11.3 Å². The summed E-state index contributed by atoms with van der Waals surface area (Å²) in [5, 5.41) is 12.2. The Morgan fingerprint density at radius 2 is 1.86 bits per heavy atom. The van der Waals surface area contributed by atoms with Crippen LogP contribution in [0.5, 0.6) is 17.2 Å². The highest BCUT2D eigenvalue weighted by molar-refractivity contribution is 7.09. The van der Waals surface area contributed by atoms with Crippen molar-refractivity contribution >= 4 is 28.3 Å². The van der Waals surface area contributed by atoms with Gasteiger partial charge in [0.25, 0.3) is 0 Å². The smallest absolute Gasteiger partial charge is 0.335 e. The van der Waals surface area contributed by atoms with E-state index in [1.165, 1.54) is 23.5 Å². The van der Waals surface area contributed by atoms with Crippen molar-refractivity contribution in [2.75, 3.05) is 6.61 Å². The maximum absolute atomic E-state index is 14.3. The number of hydrogen-bond donors (Lipinski definition) is 1. The number of halogens is 1. The summed E-state index contributed by atoms with van der Waals surface area (Å²) in [5.74, 6) is 1.16. The van der Waals surface area contributed by atoms with Gasteiger partial charge in [-0.05, 0) is 91.7 Å². The van der Waals surface area contributed by atoms with E-state index in [-0.39, 0.29) is 17.3 Å². The van der Waals surface area contributed by atoms with Crippen LogP contribution in [0.2, 0.25) is 0 Å². The molecule has 0 amide bonds. The Morgan fingerprint density at radius 3 is 2.67 bits per heavy atom. The highest BCUT2D eigenvalue weighted by Crippen LogP contribution is 2.43. The van der Waals surface area contributed by atoms with Crippen LogP contribution in [0.15, 0.2) is 121 Å². The van der Waals surface area contributed by atoms with Gasteiger partial charge in [-0.3, -0.25) is 9.55 Å². The zero-order valence-corrected chi connectivity index (χ0v) is 28.2. The van der Waals surface area contributed by atoms with Crippen molar-refractivity contribution in [3.8, 4) is 22.9 Å². The summed E-state index contributed by atoms with van der Waals surface area (Å²) in [6.07, 6.45) is 4.59. The summed E-state index contributed by atoms with van der Waals surface area (Å²) in [6.45, 7) is 2.31. The third-order valence-electron chi connectivity index (χ3n) is 8.90. The van der Waals surface area contributed by atoms with E-state index in [0.29, 0.717) is 40.8 Å². The molecule has 11 heteroatoms. The standard InChI is InChI=1S/C40H31FN4O5S/c1-24-44-34-22-42-15-14-35(34)45(24)30-8-10-31(11-9-30)49-37-28(19-25-4-2-6-27(18-25)40(46)47)23-48-36-13-12-32(21-33(36)37)50-38(39-43-16-17-51-39)26-5-3-7-29(41)20-26/h2-18,20-22,28,37-38H,19,23H2,1H3,(H,46,47). The van der Waals surface area contributed by atoms with Gasteiger partial charge in [0.2, 0.25) is 0 Å². The molecule has 0 radical (unpaired) electrons. The van der Waals surface area contributed by atoms with Crippen LogP contribution < -0.4 is 14.2 Å². The molecule has 0 spiro atoms. The number of carboxylic acid groups (broad SMARTS) is 1. The number of hydrogen-bond acceptors (Lipinski definition) is 8. The number of imidazole rings is 1. The van der Waals surface area contributed by atoms with Crippen LogP contribution >= 0.6 is 11.3 Å². The fraction of sp³-hybridized carbons (Fsp3) is 0.150. The molecule has 3 unspecified atom stereocenters. The molecular weight excluding hydrogens is 668 g/mol. The number of rotatable bonds is 10. The lowest BCUT2D eigenvalue weighted by molar-refractivity contribution is 0.0688. The minimum Gasteiger partial charge on any atom is -0.493 e. The molecule has 0 bridgehead atoms. The Balaban J connectivity index is 1.14. The van der Waals surface area contributed by atoms with E-state index < -0.39 is 18.2 Å². The third kappa shape index (κ3) is 6.63. The first kappa shape index (κ1) is 32.2. The Hall–Kier alpha value is -6.07. The molecule has 1 N–H and O–H groups in total. The molecule has 4 aromatic carbocycles. The van der Waals surface area contributed by atoms with Crippen LogP contribution in [0.4, 0.5) is 4.39 Å². The van der Waals surface area contributed by atoms with Gasteiger partial charge in [0, 0.05) is 40.5 Å². The number of aryl methyl sites for hydroxylation is 1. The van der Waals surface area contributed by atoms with Crippen molar-refractivity contribution in [1.82, 2.24) is 19.5 Å². The molecule has 254 valence electrons. The van der Waals surface area contributed by atoms with E-state index in [4.69, 9.17) is 14.2 Å². The number of aromatic carboxylic acids is 1. The molecular formula is C40H31FN4O5S. The van der Waals surface area contributed by atoms with Gasteiger partial charge in [0.1, 0.15) is 45.5 Å². The maximum atomic E-state index is 14.3. The number of ether oxygens (including phenoxy) is 3. The van der Waals surface area contributed by atoms with Gasteiger partial charge < -0.3 is 19.3 Å². The topological polar surface area (TPSA) is 109 Å². The first-order valence-corrected chi connectivity index (χ1v) is 17.2. The van der Waals surface area contributed by atoms with Crippen molar-refractivity contribution in [2.45, 2.75) is 25.6 Å². The molecule has 7 aromatic rings. The predicted octanol–water partition coefficient (Wildman–Crippen LogP) is 8.56. The lowest BCUT2D eigenvalue weighted by Gasteiger charge is -2.34. The normalized spacial score (nSPS) is 15.9. The van der Waals surface area contributed by atoms with Gasteiger partial charge >= 0.3 is 5.97 Å². The quantitative estimate of drug-likeness (QED) is 0.151. The number of benzene rings is 4. The fourth-order valence-corrected chi connectivity index (χ4v) is 7.27. The van der Waals surface area contributed by atoms with E-state index in [1.54, 1.807) is 42.9 Å². The second-order valence-electron chi connectivity index (χ2n) is 12.3. The predicted molar refractivity (Wildman–Crippen MR) is 190 cm³/mol. The molecule has 0 fully saturated rings. The lowest BCUT2D eigenvalue weighted by Crippen LogP contribution is -2.31. The van der Waals surface area contributed by atoms with E-state index >= 15 is 0 Å². The van der Waals surface area contributed by atoms with Crippen molar-refractivity contribution in [3.05, 3.63) is 160 Å². The number of carbonyl (C=O) groups is 1. The van der Waals surface area contributed by atoms with Crippen LogP contribution in [0.25, 0.3) is 16.7 Å². The van der Waals surface area contributed by atoms with E-state index in [2.05, 4.69) is 19.5 Å². The van der Waals surface area contributed by atoms with Crippen molar-refractivity contribution in [2.24, 2.45) is 5.92 Å². The van der Waals surface area contributed by atoms with Gasteiger partial charge in [-0.1, -0.05) is 24.3 Å². The van der Waals surface area contributed by atoms with Crippen LogP contribution in [-0.2, 0) is 6.42 Å². The van der Waals surface area contributed by atoms with Gasteiger partial charge in [0.05, 0.1) is 23.9 Å². The number of aromatic nitrogens is 4. The summed E-state index contributed by atoms with van der Waals surface area (Å²) >= 11 is 1.43. The fourth-order valence-electron chi connectivity index (χ4n) is 6.58. The van der Waals surface area contributed by atoms with Crippen LogP contribution in [0.3, 0.4) is 0 Å². The van der Waals surface area contributed by atoms with Crippen LogP contribution in [-0.4, -0.2) is 37.2 Å². The zero-order valence-electron chi connectivity index (χ0n) is 27.3. The number of pyridine rings is 1. The van der Waals surface area contributed by atoms with E-state index in [9.17, 15) is 14.3 Å².